The van der Waals surface area contributed by atoms with E-state index in [2.05, 4.69) is 0 Å². The van der Waals surface area contributed by atoms with Gasteiger partial charge in [-0.15, -0.1) is 0 Å². The maximum Gasteiger partial charge on any atom is 0.337 e. The fourth-order valence-electron chi connectivity index (χ4n) is 3.53. The minimum Gasteiger partial charge on any atom is -0.494 e. The Morgan fingerprint density at radius 3 is 2.65 bits per heavy atom. The molecule has 162 valence electrons. The van der Waals surface area contributed by atoms with Crippen molar-refractivity contribution in [1.82, 2.24) is 4.98 Å². The summed E-state index contributed by atoms with van der Waals surface area (Å²) in [5.74, 6) is 0.156. The van der Waals surface area contributed by atoms with Crippen LogP contribution in [-0.4, -0.2) is 49.8 Å². The molecule has 3 aromatic rings. The molecule has 1 aliphatic heterocycles. The minimum absolute atomic E-state index is 0.0238. The van der Waals surface area contributed by atoms with Crippen molar-refractivity contribution in [2.45, 2.75) is 25.9 Å². The molecule has 1 amide bonds. The molecular weight excluding hydrogens is 416 g/mol. The average molecular weight is 441 g/mol. The van der Waals surface area contributed by atoms with Crippen molar-refractivity contribution in [3.8, 4) is 5.75 Å². The highest BCUT2D eigenvalue weighted by Crippen LogP contribution is 2.33. The van der Waals surface area contributed by atoms with Gasteiger partial charge in [-0.2, -0.15) is 0 Å². The zero-order chi connectivity index (χ0) is 21.8. The summed E-state index contributed by atoms with van der Waals surface area (Å²) in [5, 5.41) is 0.612. The largest absolute Gasteiger partial charge is 0.494 e. The molecule has 1 fully saturated rings. The lowest BCUT2D eigenvalue weighted by Crippen LogP contribution is -2.37. The molecule has 7 nitrogen and oxygen atoms in total. The van der Waals surface area contributed by atoms with Gasteiger partial charge in [0, 0.05) is 12.2 Å². The van der Waals surface area contributed by atoms with E-state index in [1.165, 1.54) is 18.4 Å². The SMILES string of the molecule is CCOc1ccc2nc(N(CC3CCCO3)C(=O)c3ccc(C(=O)OC)cc3)sc2c1. The van der Waals surface area contributed by atoms with Gasteiger partial charge in [-0.05, 0) is 62.2 Å². The quantitative estimate of drug-likeness (QED) is 0.510. The molecule has 31 heavy (non-hydrogen) atoms. The van der Waals surface area contributed by atoms with E-state index in [4.69, 9.17) is 19.2 Å². The van der Waals surface area contributed by atoms with Crippen LogP contribution in [0.25, 0.3) is 10.2 Å². The highest BCUT2D eigenvalue weighted by atomic mass is 32.1. The summed E-state index contributed by atoms with van der Waals surface area (Å²) < 4.78 is 17.1. The number of carbonyl (C=O) groups excluding carboxylic acids is 2. The number of benzene rings is 2. The van der Waals surface area contributed by atoms with Gasteiger partial charge in [0.05, 0.1) is 42.1 Å². The summed E-state index contributed by atoms with van der Waals surface area (Å²) in [4.78, 5) is 31.5. The van der Waals surface area contributed by atoms with Crippen LogP contribution in [0.4, 0.5) is 5.13 Å². The third-order valence-corrected chi connectivity index (χ3v) is 6.14. The average Bonchev–Trinajstić information content (AvgIpc) is 3.46. The number of fused-ring (bicyclic) bond motifs is 1. The number of ether oxygens (including phenoxy) is 3. The van der Waals surface area contributed by atoms with Gasteiger partial charge in [-0.3, -0.25) is 9.69 Å². The molecule has 2 aromatic carbocycles. The van der Waals surface area contributed by atoms with Crippen molar-refractivity contribution in [2.24, 2.45) is 0 Å². The van der Waals surface area contributed by atoms with Crippen LogP contribution >= 0.6 is 11.3 Å². The number of aromatic nitrogens is 1. The van der Waals surface area contributed by atoms with Gasteiger partial charge < -0.3 is 14.2 Å². The number of hydrogen-bond acceptors (Lipinski definition) is 7. The summed E-state index contributed by atoms with van der Waals surface area (Å²) >= 11 is 1.45. The molecule has 1 saturated heterocycles. The molecule has 4 rings (SSSR count). The Hall–Kier alpha value is -2.97. The summed E-state index contributed by atoms with van der Waals surface area (Å²) in [6, 6.07) is 12.2. The first-order valence-corrected chi connectivity index (χ1v) is 11.1. The van der Waals surface area contributed by atoms with Gasteiger partial charge in [-0.1, -0.05) is 11.3 Å². The van der Waals surface area contributed by atoms with E-state index < -0.39 is 5.97 Å². The van der Waals surface area contributed by atoms with Crippen LogP contribution in [0.15, 0.2) is 42.5 Å². The van der Waals surface area contributed by atoms with Gasteiger partial charge in [0.1, 0.15) is 5.75 Å². The molecule has 0 spiro atoms. The molecule has 1 atom stereocenters. The molecule has 2 heterocycles. The molecular formula is C23H24N2O5S. The summed E-state index contributed by atoms with van der Waals surface area (Å²) in [7, 11) is 1.33. The number of methoxy groups -OCH3 is 1. The zero-order valence-electron chi connectivity index (χ0n) is 17.5. The van der Waals surface area contributed by atoms with E-state index in [1.54, 1.807) is 29.2 Å². The first kappa shape index (κ1) is 21.3. The zero-order valence-corrected chi connectivity index (χ0v) is 18.3. The van der Waals surface area contributed by atoms with Gasteiger partial charge in [0.2, 0.25) is 0 Å². The number of carbonyl (C=O) groups is 2. The standard InChI is InChI=1S/C23H24N2O5S/c1-3-29-17-10-11-19-20(13-17)31-23(24-19)25(14-18-5-4-12-30-18)21(26)15-6-8-16(9-7-15)22(27)28-2/h6-11,13,18H,3-5,12,14H2,1-2H3. The number of hydrogen-bond donors (Lipinski definition) is 0. The normalized spacial score (nSPS) is 15.7. The van der Waals surface area contributed by atoms with Crippen molar-refractivity contribution in [2.75, 3.05) is 31.8 Å². The van der Waals surface area contributed by atoms with E-state index >= 15 is 0 Å². The van der Waals surface area contributed by atoms with E-state index in [0.29, 0.717) is 36.0 Å². The van der Waals surface area contributed by atoms with Gasteiger partial charge in [0.25, 0.3) is 5.91 Å². The summed E-state index contributed by atoms with van der Waals surface area (Å²) in [6.45, 7) is 3.66. The Bertz CT molecular complexity index is 1070. The second kappa shape index (κ2) is 9.45. The number of anilines is 1. The van der Waals surface area contributed by atoms with Gasteiger partial charge in [-0.25, -0.2) is 9.78 Å². The lowest BCUT2D eigenvalue weighted by molar-refractivity contribution is 0.0600. The number of rotatable bonds is 7. The molecule has 0 saturated carbocycles. The highest BCUT2D eigenvalue weighted by Gasteiger charge is 2.27. The first-order valence-electron chi connectivity index (χ1n) is 10.2. The Morgan fingerprint density at radius 1 is 1.19 bits per heavy atom. The van der Waals surface area contributed by atoms with Crippen LogP contribution < -0.4 is 9.64 Å². The van der Waals surface area contributed by atoms with E-state index in [0.717, 1.165) is 28.8 Å². The second-order valence-corrected chi connectivity index (χ2v) is 8.19. The molecule has 1 aliphatic rings. The van der Waals surface area contributed by atoms with Crippen LogP contribution in [0, 0.1) is 0 Å². The van der Waals surface area contributed by atoms with Crippen molar-refractivity contribution in [1.29, 1.82) is 0 Å². The number of thiazole rings is 1. The van der Waals surface area contributed by atoms with Gasteiger partial charge >= 0.3 is 5.97 Å². The third-order valence-electron chi connectivity index (χ3n) is 5.10. The summed E-state index contributed by atoms with van der Waals surface area (Å²) in [5.41, 5.74) is 1.68. The van der Waals surface area contributed by atoms with E-state index in [1.807, 2.05) is 25.1 Å². The second-order valence-electron chi connectivity index (χ2n) is 7.18. The number of esters is 1. The van der Waals surface area contributed by atoms with Crippen molar-refractivity contribution in [3.05, 3.63) is 53.6 Å². The minimum atomic E-state index is -0.438. The number of nitrogens with zero attached hydrogens (tertiary/aromatic N) is 2. The monoisotopic (exact) mass is 440 g/mol. The van der Waals surface area contributed by atoms with Crippen LogP contribution in [0.1, 0.15) is 40.5 Å². The van der Waals surface area contributed by atoms with E-state index in [-0.39, 0.29) is 12.0 Å². The smallest absolute Gasteiger partial charge is 0.337 e. The van der Waals surface area contributed by atoms with Gasteiger partial charge in [0.15, 0.2) is 5.13 Å². The Kier molecular flexibility index (Phi) is 6.48. The van der Waals surface area contributed by atoms with E-state index in [9.17, 15) is 9.59 Å². The third kappa shape index (κ3) is 4.70. The van der Waals surface area contributed by atoms with Crippen LogP contribution in [0.2, 0.25) is 0 Å². The lowest BCUT2D eigenvalue weighted by atomic mass is 10.1. The topological polar surface area (TPSA) is 78.0 Å². The van der Waals surface area contributed by atoms with Crippen LogP contribution in [0.3, 0.4) is 0 Å². The predicted octanol–water partition coefficient (Wildman–Crippen LogP) is 4.31. The Labute approximate surface area is 184 Å². The molecule has 0 radical (unpaired) electrons. The molecule has 8 heteroatoms. The maximum absolute atomic E-state index is 13.4. The van der Waals surface area contributed by atoms with Crippen LogP contribution in [-0.2, 0) is 9.47 Å². The maximum atomic E-state index is 13.4. The van der Waals surface area contributed by atoms with Crippen LogP contribution in [0.5, 0.6) is 5.75 Å². The number of amides is 1. The fourth-order valence-corrected chi connectivity index (χ4v) is 4.53. The molecule has 0 N–H and O–H groups in total. The fraction of sp³-hybridized carbons (Fsp3) is 0.348. The molecule has 0 bridgehead atoms. The van der Waals surface area contributed by atoms with Crippen molar-refractivity contribution < 1.29 is 23.8 Å². The Balaban J connectivity index is 1.65. The Morgan fingerprint density at radius 2 is 1.97 bits per heavy atom. The van der Waals surface area contributed by atoms with Crippen molar-refractivity contribution >= 4 is 38.6 Å². The highest BCUT2D eigenvalue weighted by molar-refractivity contribution is 7.22. The first-order chi connectivity index (χ1) is 15.1. The lowest BCUT2D eigenvalue weighted by Gasteiger charge is -2.23. The summed E-state index contributed by atoms with van der Waals surface area (Å²) in [6.07, 6.45) is 1.87. The molecule has 1 aromatic heterocycles. The van der Waals surface area contributed by atoms with Crippen molar-refractivity contribution in [3.63, 3.8) is 0 Å². The molecule has 0 aliphatic carbocycles. The molecule has 1 unspecified atom stereocenters. The predicted molar refractivity (Wildman–Crippen MR) is 119 cm³/mol.